The molecule has 0 radical (unpaired) electrons. The van der Waals surface area contributed by atoms with Gasteiger partial charge < -0.3 is 19.5 Å². The predicted octanol–water partition coefficient (Wildman–Crippen LogP) is 3.69. The molecule has 0 spiro atoms. The fourth-order valence-corrected chi connectivity index (χ4v) is 4.78. The Balaban J connectivity index is 1.62. The van der Waals surface area contributed by atoms with Crippen LogP contribution in [0.15, 0.2) is 46.2 Å². The van der Waals surface area contributed by atoms with Gasteiger partial charge in [0, 0.05) is 17.2 Å². The van der Waals surface area contributed by atoms with Crippen LogP contribution < -0.4 is 10.5 Å². The Hall–Kier alpha value is -3.12. The lowest BCUT2D eigenvalue weighted by atomic mass is 9.91. The molecular weight excluding hydrogens is 471 g/mol. The van der Waals surface area contributed by atoms with Crippen LogP contribution in [0.25, 0.3) is 22.8 Å². The molecule has 0 bridgehead atoms. The Kier molecular flexibility index (Phi) is 6.30. The minimum Gasteiger partial charge on any atom is -0.616 e. The predicted molar refractivity (Wildman–Crippen MR) is 120 cm³/mol. The van der Waals surface area contributed by atoms with Crippen molar-refractivity contribution in [3.63, 3.8) is 0 Å². The summed E-state index contributed by atoms with van der Waals surface area (Å²) in [6, 6.07) is 5.92. The first-order valence-corrected chi connectivity index (χ1v) is 11.6. The monoisotopic (exact) mass is 493 g/mol. The number of hydrogen-bond acceptors (Lipinski definition) is 8. The van der Waals surface area contributed by atoms with Crippen LogP contribution in [0.3, 0.4) is 0 Å². The first-order chi connectivity index (χ1) is 16.0. The summed E-state index contributed by atoms with van der Waals surface area (Å²) in [6.45, 7) is 4.41. The summed E-state index contributed by atoms with van der Waals surface area (Å²) in [6.07, 6.45) is -0.103. The van der Waals surface area contributed by atoms with Crippen LogP contribution in [0.1, 0.15) is 26.3 Å². The van der Waals surface area contributed by atoms with E-state index in [2.05, 4.69) is 20.1 Å². The number of halogens is 3. The van der Waals surface area contributed by atoms with E-state index in [1.54, 1.807) is 32.9 Å². The molecular formula is C22H22F3N5O3S. The highest BCUT2D eigenvalue weighted by Crippen LogP contribution is 2.39. The Morgan fingerprint density at radius 1 is 1.21 bits per heavy atom. The summed E-state index contributed by atoms with van der Waals surface area (Å²) in [4.78, 5) is 12.6. The van der Waals surface area contributed by atoms with Crippen molar-refractivity contribution in [2.75, 3.05) is 12.4 Å². The molecule has 0 unspecified atom stereocenters. The normalized spacial score (nSPS) is 22.0. The van der Waals surface area contributed by atoms with E-state index in [9.17, 15) is 17.7 Å². The van der Waals surface area contributed by atoms with Crippen LogP contribution in [-0.4, -0.2) is 49.0 Å². The van der Waals surface area contributed by atoms with E-state index in [1.165, 1.54) is 24.5 Å². The third-order valence-electron chi connectivity index (χ3n) is 5.54. The van der Waals surface area contributed by atoms with Crippen LogP contribution in [0.2, 0.25) is 0 Å². The Labute approximate surface area is 196 Å². The van der Waals surface area contributed by atoms with Crippen molar-refractivity contribution in [3.8, 4) is 28.6 Å². The zero-order chi connectivity index (χ0) is 24.7. The van der Waals surface area contributed by atoms with E-state index in [4.69, 9.17) is 15.0 Å². The van der Waals surface area contributed by atoms with Crippen LogP contribution in [0.4, 0.5) is 13.2 Å². The molecule has 0 saturated heterocycles. The number of aromatic nitrogens is 3. The third kappa shape index (κ3) is 4.60. The summed E-state index contributed by atoms with van der Waals surface area (Å²) >= 11 is -1.36. The highest BCUT2D eigenvalue weighted by molar-refractivity contribution is 7.93. The molecule has 0 fully saturated rings. The zero-order valence-electron chi connectivity index (χ0n) is 18.6. The molecule has 3 aromatic rings. The Morgan fingerprint density at radius 2 is 1.91 bits per heavy atom. The highest BCUT2D eigenvalue weighted by atomic mass is 32.2. The highest BCUT2D eigenvalue weighted by Gasteiger charge is 2.48. The molecule has 180 valence electrons. The first kappa shape index (κ1) is 24.0. The minimum absolute atomic E-state index is 0.0945. The summed E-state index contributed by atoms with van der Waals surface area (Å²) in [5.74, 6) is 0.395. The number of nitrogens with two attached hydrogens (primary N) is 1. The summed E-state index contributed by atoms with van der Waals surface area (Å²) in [5, 5.41) is 3.94. The van der Waals surface area contributed by atoms with Crippen molar-refractivity contribution >= 4 is 17.0 Å². The number of benzene rings is 1. The van der Waals surface area contributed by atoms with Gasteiger partial charge in [0.1, 0.15) is 23.7 Å². The number of hydrogen-bond donors (Lipinski definition) is 1. The lowest BCUT2D eigenvalue weighted by Crippen LogP contribution is -2.55. The molecule has 0 saturated carbocycles. The second-order valence-electron chi connectivity index (χ2n) is 8.49. The molecule has 0 amide bonds. The third-order valence-corrected chi connectivity index (χ3v) is 7.71. The van der Waals surface area contributed by atoms with Gasteiger partial charge in [-0.05, 0) is 50.1 Å². The average molecular weight is 494 g/mol. The molecule has 1 aliphatic heterocycles. The molecule has 2 aromatic heterocycles. The van der Waals surface area contributed by atoms with Crippen molar-refractivity contribution in [1.82, 2.24) is 15.1 Å². The Bertz CT molecular complexity index is 1220. The van der Waals surface area contributed by atoms with Crippen LogP contribution in [0.5, 0.6) is 5.75 Å². The molecule has 12 heteroatoms. The molecule has 1 aliphatic rings. The van der Waals surface area contributed by atoms with Crippen molar-refractivity contribution < 1.29 is 27.0 Å². The van der Waals surface area contributed by atoms with E-state index in [1.807, 2.05) is 0 Å². The largest absolute Gasteiger partial charge is 0.616 e. The first-order valence-electron chi connectivity index (χ1n) is 10.2. The number of alkyl halides is 2. The van der Waals surface area contributed by atoms with Gasteiger partial charge in [0.05, 0.1) is 12.4 Å². The quantitative estimate of drug-likeness (QED) is 0.520. The van der Waals surface area contributed by atoms with E-state index in [0.717, 1.165) is 0 Å². The van der Waals surface area contributed by atoms with Gasteiger partial charge >= 0.3 is 0 Å². The minimum atomic E-state index is -2.61. The van der Waals surface area contributed by atoms with Gasteiger partial charge in [-0.25, -0.2) is 23.1 Å². The molecule has 2 N–H and O–H groups in total. The summed E-state index contributed by atoms with van der Waals surface area (Å²) < 4.78 is 61.6. The topological polar surface area (TPSA) is 122 Å². The smallest absolute Gasteiger partial charge is 0.272 e. The standard InChI is InChI=1S/C22H22F3N5O3S/c1-21(2)20(26)29-22(3,11-34(21)31)14-6-12(4-5-15(14)23)17-7-16(30-33-17)19-27-8-13(9-28-19)32-10-18(24)25/h4-9,18H,10-11H2,1-3H3,(H2,26,29)/t22-,34+/m0/s1. The second kappa shape index (κ2) is 8.91. The van der Waals surface area contributed by atoms with Gasteiger partial charge in [-0.15, -0.1) is 0 Å². The molecule has 4 rings (SSSR count). The number of amidine groups is 1. The molecule has 1 aromatic carbocycles. The van der Waals surface area contributed by atoms with Gasteiger partial charge in [-0.2, -0.15) is 0 Å². The van der Waals surface area contributed by atoms with Crippen LogP contribution in [0, 0.1) is 5.82 Å². The summed E-state index contributed by atoms with van der Waals surface area (Å²) in [7, 11) is 0. The maximum Gasteiger partial charge on any atom is 0.272 e. The maximum atomic E-state index is 14.8. The average Bonchev–Trinajstić information content (AvgIpc) is 3.27. The Morgan fingerprint density at radius 3 is 2.56 bits per heavy atom. The molecule has 3 heterocycles. The molecule has 0 aliphatic carbocycles. The van der Waals surface area contributed by atoms with E-state index in [-0.39, 0.29) is 34.4 Å². The van der Waals surface area contributed by atoms with Crippen molar-refractivity contribution in [2.24, 2.45) is 10.7 Å². The van der Waals surface area contributed by atoms with Crippen molar-refractivity contribution in [1.29, 1.82) is 0 Å². The fourth-order valence-electron chi connectivity index (χ4n) is 3.41. The van der Waals surface area contributed by atoms with Gasteiger partial charge in [0.25, 0.3) is 6.43 Å². The fraction of sp³-hybridized carbons (Fsp3) is 0.364. The number of nitrogens with zero attached hydrogens (tertiary/aromatic N) is 4. The van der Waals surface area contributed by atoms with Crippen molar-refractivity contribution in [3.05, 3.63) is 48.0 Å². The zero-order valence-corrected chi connectivity index (χ0v) is 19.4. The second-order valence-corrected chi connectivity index (χ2v) is 10.5. The van der Waals surface area contributed by atoms with Crippen LogP contribution >= 0.6 is 0 Å². The molecule has 8 nitrogen and oxygen atoms in total. The van der Waals surface area contributed by atoms with Gasteiger partial charge in [-0.1, -0.05) is 5.16 Å². The van der Waals surface area contributed by atoms with Crippen LogP contribution in [-0.2, 0) is 16.7 Å². The maximum absolute atomic E-state index is 14.8. The number of rotatable bonds is 6. The lowest BCUT2D eigenvalue weighted by molar-refractivity contribution is 0.0815. The summed E-state index contributed by atoms with van der Waals surface area (Å²) in [5.41, 5.74) is 5.98. The van der Waals surface area contributed by atoms with E-state index < -0.39 is 40.3 Å². The lowest BCUT2D eigenvalue weighted by Gasteiger charge is -2.39. The number of ether oxygens (including phenoxy) is 1. The molecule has 34 heavy (non-hydrogen) atoms. The van der Waals surface area contributed by atoms with Gasteiger partial charge in [-0.3, -0.25) is 4.99 Å². The van der Waals surface area contributed by atoms with E-state index >= 15 is 0 Å². The van der Waals surface area contributed by atoms with Gasteiger partial charge in [0.15, 0.2) is 33.6 Å². The van der Waals surface area contributed by atoms with Crippen molar-refractivity contribution in [2.45, 2.75) is 37.5 Å². The molecule has 2 atom stereocenters. The van der Waals surface area contributed by atoms with E-state index in [0.29, 0.717) is 11.3 Å². The number of aliphatic imine (C=N–C) groups is 1. The van der Waals surface area contributed by atoms with Gasteiger partial charge in [0.2, 0.25) is 0 Å². The SMILES string of the molecule is CC1(C)C(N)=N[C@](C)(c2cc(-c3cc(-c4ncc(OCC(F)F)cn4)no3)ccc2F)C[S@@+]1[O-].